The Labute approximate surface area is 144 Å². The average Bonchev–Trinajstić information content (AvgIpc) is 2.91. The molecule has 1 saturated carbocycles. The van der Waals surface area contributed by atoms with Crippen LogP contribution in [0.25, 0.3) is 0 Å². The van der Waals surface area contributed by atoms with Crippen molar-refractivity contribution in [2.75, 3.05) is 0 Å². The second-order valence-corrected chi connectivity index (χ2v) is 8.13. The van der Waals surface area contributed by atoms with E-state index < -0.39 is 28.0 Å². The predicted molar refractivity (Wildman–Crippen MR) is 86.4 cm³/mol. The highest BCUT2D eigenvalue weighted by molar-refractivity contribution is 7.89. The lowest BCUT2D eigenvalue weighted by Gasteiger charge is -2.37. The van der Waals surface area contributed by atoms with E-state index >= 15 is 0 Å². The van der Waals surface area contributed by atoms with Crippen molar-refractivity contribution in [3.63, 3.8) is 0 Å². The molecule has 0 amide bonds. The van der Waals surface area contributed by atoms with Crippen molar-refractivity contribution in [1.29, 1.82) is 0 Å². The fraction of sp³-hybridized carbons (Fsp3) is 0.400. The molecule has 6 nitrogen and oxygen atoms in total. The Morgan fingerprint density at radius 3 is 2.71 bits per heavy atom. The fourth-order valence-electron chi connectivity index (χ4n) is 2.82. The second-order valence-electron chi connectivity index (χ2n) is 6.01. The third-order valence-corrected chi connectivity index (χ3v) is 5.92. The molecule has 24 heavy (non-hydrogen) atoms. The lowest BCUT2D eigenvalue weighted by molar-refractivity contribution is 0.0280. The highest BCUT2D eigenvalue weighted by Gasteiger charge is 2.37. The third-order valence-electron chi connectivity index (χ3n) is 4.19. The van der Waals surface area contributed by atoms with Crippen LogP contribution in [0.4, 0.5) is 4.39 Å². The fourth-order valence-corrected chi connectivity index (χ4v) is 4.38. The molecule has 0 saturated heterocycles. The van der Waals surface area contributed by atoms with Gasteiger partial charge in [-0.1, -0.05) is 11.6 Å². The molecule has 3 rings (SSSR count). The van der Waals surface area contributed by atoms with Crippen molar-refractivity contribution in [3.05, 3.63) is 47.0 Å². The number of aliphatic hydroxyl groups excluding tert-OH is 1. The van der Waals surface area contributed by atoms with Crippen LogP contribution in [0.1, 0.15) is 24.4 Å². The lowest BCUT2D eigenvalue weighted by Crippen LogP contribution is -2.41. The number of aromatic nitrogens is 2. The van der Waals surface area contributed by atoms with Gasteiger partial charge in [-0.15, -0.1) is 0 Å². The van der Waals surface area contributed by atoms with E-state index in [9.17, 15) is 17.9 Å². The number of aryl methyl sites for hydroxylation is 1. The molecule has 0 aliphatic heterocycles. The molecule has 2 aromatic rings. The summed E-state index contributed by atoms with van der Waals surface area (Å²) in [5.74, 6) is -0.712. The Morgan fingerprint density at radius 1 is 1.46 bits per heavy atom. The van der Waals surface area contributed by atoms with Gasteiger partial charge in [-0.2, -0.15) is 5.10 Å². The van der Waals surface area contributed by atoms with Crippen LogP contribution in [0.2, 0.25) is 5.02 Å². The minimum atomic E-state index is -3.90. The van der Waals surface area contributed by atoms with Gasteiger partial charge in [0.1, 0.15) is 5.82 Å². The number of aliphatic hydroxyl groups is 1. The monoisotopic (exact) mass is 373 g/mol. The van der Waals surface area contributed by atoms with Crippen LogP contribution in [0.5, 0.6) is 0 Å². The van der Waals surface area contributed by atoms with Crippen LogP contribution >= 0.6 is 11.6 Å². The van der Waals surface area contributed by atoms with Gasteiger partial charge in [0.05, 0.1) is 28.3 Å². The minimum absolute atomic E-state index is 0.0325. The summed E-state index contributed by atoms with van der Waals surface area (Å²) >= 11 is 5.68. The number of rotatable bonds is 5. The van der Waals surface area contributed by atoms with Gasteiger partial charge in [-0.25, -0.2) is 17.5 Å². The van der Waals surface area contributed by atoms with E-state index in [1.165, 1.54) is 6.07 Å². The van der Waals surface area contributed by atoms with Crippen LogP contribution in [-0.2, 0) is 17.1 Å². The molecule has 1 aliphatic rings. The molecule has 1 atom stereocenters. The number of benzene rings is 1. The van der Waals surface area contributed by atoms with Gasteiger partial charge in [0, 0.05) is 18.8 Å². The number of nitrogens with zero attached hydrogens (tertiary/aromatic N) is 2. The number of hydrogen-bond donors (Lipinski definition) is 2. The summed E-state index contributed by atoms with van der Waals surface area (Å²) in [6.45, 7) is 0. The zero-order valence-corrected chi connectivity index (χ0v) is 14.4. The first-order valence-corrected chi connectivity index (χ1v) is 9.26. The van der Waals surface area contributed by atoms with E-state index in [1.54, 1.807) is 24.1 Å². The number of hydrogen-bond acceptors (Lipinski definition) is 4. The Bertz CT molecular complexity index is 849. The molecule has 130 valence electrons. The van der Waals surface area contributed by atoms with Crippen LogP contribution in [0, 0.1) is 11.7 Å². The van der Waals surface area contributed by atoms with Crippen molar-refractivity contribution >= 4 is 21.6 Å². The van der Waals surface area contributed by atoms with Crippen molar-refractivity contribution < 1.29 is 17.9 Å². The summed E-state index contributed by atoms with van der Waals surface area (Å²) in [5, 5.41) is 13.4. The zero-order valence-electron chi connectivity index (χ0n) is 12.9. The molecular weight excluding hydrogens is 357 g/mol. The molecule has 1 fully saturated rings. The average molecular weight is 374 g/mol. The lowest BCUT2D eigenvalue weighted by atomic mass is 9.76. The van der Waals surface area contributed by atoms with Crippen LogP contribution in [0.3, 0.4) is 0 Å². The molecule has 1 heterocycles. The van der Waals surface area contributed by atoms with E-state index in [0.29, 0.717) is 18.4 Å². The highest BCUT2D eigenvalue weighted by Crippen LogP contribution is 2.38. The first-order chi connectivity index (χ1) is 11.3. The van der Waals surface area contributed by atoms with E-state index in [1.807, 2.05) is 0 Å². The Morgan fingerprint density at radius 2 is 2.17 bits per heavy atom. The van der Waals surface area contributed by atoms with E-state index in [0.717, 1.165) is 12.1 Å². The van der Waals surface area contributed by atoms with Crippen LogP contribution in [0.15, 0.2) is 35.5 Å². The molecule has 0 bridgehead atoms. The summed E-state index contributed by atoms with van der Waals surface area (Å²) in [7, 11) is -2.16. The van der Waals surface area contributed by atoms with Gasteiger partial charge in [0.15, 0.2) is 0 Å². The molecule has 0 radical (unpaired) electrons. The smallest absolute Gasteiger partial charge is 0.241 e. The highest BCUT2D eigenvalue weighted by atomic mass is 35.5. The van der Waals surface area contributed by atoms with Crippen LogP contribution in [-0.4, -0.2) is 29.4 Å². The van der Waals surface area contributed by atoms with Gasteiger partial charge in [0.2, 0.25) is 10.0 Å². The van der Waals surface area contributed by atoms with Gasteiger partial charge >= 0.3 is 0 Å². The maximum Gasteiger partial charge on any atom is 0.241 e. The molecule has 0 unspecified atom stereocenters. The molecule has 1 aromatic carbocycles. The molecular formula is C15H17ClFN3O3S. The summed E-state index contributed by atoms with van der Waals surface area (Å²) in [5.41, 5.74) is 0.714. The second kappa shape index (κ2) is 6.44. The van der Waals surface area contributed by atoms with Gasteiger partial charge in [-0.3, -0.25) is 4.68 Å². The number of halogens is 2. The molecule has 9 heteroatoms. The predicted octanol–water partition coefficient (Wildman–Crippen LogP) is 2.00. The minimum Gasteiger partial charge on any atom is -0.393 e. The standard InChI is InChI=1S/C15H17ClFN3O3S/c1-20-8-10(7-18-20)15(9-4-11(21)5-9)19-24(22,23)12-2-3-14(17)13(16)6-12/h2-3,6-9,11,15,19,21H,4-5H2,1H3/t9?,11?,15-/m0/s1. The molecule has 1 aliphatic carbocycles. The van der Waals surface area contributed by atoms with E-state index in [-0.39, 0.29) is 15.8 Å². The van der Waals surface area contributed by atoms with Gasteiger partial charge in [0.25, 0.3) is 0 Å². The Kier molecular flexibility index (Phi) is 4.65. The summed E-state index contributed by atoms with van der Waals surface area (Å²) in [6.07, 6.45) is 3.92. The van der Waals surface area contributed by atoms with Crippen molar-refractivity contribution in [3.8, 4) is 0 Å². The van der Waals surface area contributed by atoms with Gasteiger partial charge in [-0.05, 0) is 37.0 Å². The van der Waals surface area contributed by atoms with Crippen LogP contribution < -0.4 is 4.72 Å². The Balaban J connectivity index is 1.89. The van der Waals surface area contributed by atoms with Gasteiger partial charge < -0.3 is 5.11 Å². The maximum atomic E-state index is 13.3. The van der Waals surface area contributed by atoms with E-state index in [4.69, 9.17) is 11.6 Å². The zero-order chi connectivity index (χ0) is 17.5. The first-order valence-electron chi connectivity index (χ1n) is 7.40. The summed E-state index contributed by atoms with van der Waals surface area (Å²) in [6, 6.07) is 2.74. The van der Waals surface area contributed by atoms with Crippen molar-refractivity contribution in [2.45, 2.75) is 29.9 Å². The maximum absolute atomic E-state index is 13.3. The third kappa shape index (κ3) is 3.46. The summed E-state index contributed by atoms with van der Waals surface area (Å²) < 4.78 is 42.7. The quantitative estimate of drug-likeness (QED) is 0.839. The van der Waals surface area contributed by atoms with Crippen molar-refractivity contribution in [1.82, 2.24) is 14.5 Å². The molecule has 2 N–H and O–H groups in total. The molecule has 0 spiro atoms. The SMILES string of the molecule is Cn1cc([C@@H](NS(=O)(=O)c2ccc(F)c(Cl)c2)C2CC(O)C2)cn1. The van der Waals surface area contributed by atoms with Crippen molar-refractivity contribution in [2.24, 2.45) is 13.0 Å². The topological polar surface area (TPSA) is 84.2 Å². The summed E-state index contributed by atoms with van der Waals surface area (Å²) in [4.78, 5) is -0.109. The largest absolute Gasteiger partial charge is 0.393 e. The normalized spacial score (nSPS) is 22.2. The number of sulfonamides is 1. The molecule has 1 aromatic heterocycles. The Hall–Kier alpha value is -1.48. The first kappa shape index (κ1) is 17.3. The van der Waals surface area contributed by atoms with E-state index in [2.05, 4.69) is 9.82 Å². The number of nitrogens with one attached hydrogen (secondary N) is 1.